The number of morpholine rings is 1. The number of carbonyl (C=O) groups is 2. The maximum Gasteiger partial charge on any atom is 0.331 e. The highest BCUT2D eigenvalue weighted by Gasteiger charge is 2.26. The van der Waals surface area contributed by atoms with Crippen molar-refractivity contribution in [2.45, 2.75) is 4.90 Å². The molecule has 0 aliphatic carbocycles. The average molecular weight is 488 g/mol. The Morgan fingerprint density at radius 3 is 2.58 bits per heavy atom. The Morgan fingerprint density at radius 2 is 1.85 bits per heavy atom. The van der Waals surface area contributed by atoms with Crippen molar-refractivity contribution in [3.63, 3.8) is 0 Å². The summed E-state index contributed by atoms with van der Waals surface area (Å²) in [4.78, 5) is 28.5. The van der Waals surface area contributed by atoms with Gasteiger partial charge in [0.1, 0.15) is 5.01 Å². The maximum absolute atomic E-state index is 12.6. The minimum absolute atomic E-state index is 0.133. The van der Waals surface area contributed by atoms with E-state index in [1.807, 2.05) is 24.3 Å². The zero-order chi connectivity index (χ0) is 23.3. The highest BCUT2D eigenvalue weighted by Crippen LogP contribution is 2.22. The zero-order valence-corrected chi connectivity index (χ0v) is 19.1. The molecule has 172 valence electrons. The Balaban J connectivity index is 1.27. The second-order valence-corrected chi connectivity index (χ2v) is 10.1. The van der Waals surface area contributed by atoms with E-state index >= 15 is 0 Å². The van der Waals surface area contributed by atoms with E-state index in [9.17, 15) is 18.0 Å². The number of benzene rings is 2. The van der Waals surface area contributed by atoms with Gasteiger partial charge in [0.05, 0.1) is 28.3 Å². The SMILES string of the molecule is O=C(COC(=O)C=Cc1nc2ccccc2s1)Nc1ccc(S(=O)(=O)N2CCOCC2)cc1. The number of aromatic nitrogens is 1. The van der Waals surface area contributed by atoms with Crippen molar-refractivity contribution < 1.29 is 27.5 Å². The fourth-order valence-electron chi connectivity index (χ4n) is 3.13. The summed E-state index contributed by atoms with van der Waals surface area (Å²) < 4.78 is 37.8. The minimum Gasteiger partial charge on any atom is -0.452 e. The summed E-state index contributed by atoms with van der Waals surface area (Å²) in [7, 11) is -3.61. The van der Waals surface area contributed by atoms with E-state index in [0.717, 1.165) is 10.2 Å². The third-order valence-corrected chi connectivity index (χ3v) is 7.68. The summed E-state index contributed by atoms with van der Waals surface area (Å²) >= 11 is 1.44. The van der Waals surface area contributed by atoms with Crippen molar-refractivity contribution in [3.8, 4) is 0 Å². The second-order valence-electron chi connectivity index (χ2n) is 7.05. The van der Waals surface area contributed by atoms with E-state index in [1.165, 1.54) is 46.0 Å². The molecule has 1 aliphatic heterocycles. The molecule has 0 unspecified atom stereocenters. The molecule has 1 amide bonds. The summed E-state index contributed by atoms with van der Waals surface area (Å²) in [5.41, 5.74) is 1.24. The first-order chi connectivity index (χ1) is 15.9. The molecule has 33 heavy (non-hydrogen) atoms. The molecule has 0 bridgehead atoms. The average Bonchev–Trinajstić information content (AvgIpc) is 3.25. The Kier molecular flexibility index (Phi) is 7.14. The molecule has 2 heterocycles. The van der Waals surface area contributed by atoms with Gasteiger partial charge in [-0.1, -0.05) is 12.1 Å². The van der Waals surface area contributed by atoms with Crippen LogP contribution in [-0.2, 0) is 29.1 Å². The van der Waals surface area contributed by atoms with E-state index in [0.29, 0.717) is 37.0 Å². The van der Waals surface area contributed by atoms with Gasteiger partial charge in [0, 0.05) is 24.9 Å². The molecular weight excluding hydrogens is 466 g/mol. The lowest BCUT2D eigenvalue weighted by atomic mass is 10.3. The predicted molar refractivity (Wildman–Crippen MR) is 124 cm³/mol. The van der Waals surface area contributed by atoms with Crippen molar-refractivity contribution in [3.05, 3.63) is 59.6 Å². The van der Waals surface area contributed by atoms with Crippen LogP contribution in [0.4, 0.5) is 5.69 Å². The molecular formula is C22H21N3O6S2. The fourth-order valence-corrected chi connectivity index (χ4v) is 5.41. The Hall–Kier alpha value is -3.12. The normalized spacial score (nSPS) is 15.0. The Bertz CT molecular complexity index is 1250. The van der Waals surface area contributed by atoms with E-state index in [4.69, 9.17) is 9.47 Å². The van der Waals surface area contributed by atoms with Gasteiger partial charge in [0.2, 0.25) is 10.0 Å². The molecule has 11 heteroatoms. The van der Waals surface area contributed by atoms with E-state index in [-0.39, 0.29) is 4.90 Å². The highest BCUT2D eigenvalue weighted by atomic mass is 32.2. The molecule has 0 saturated carbocycles. The summed E-state index contributed by atoms with van der Waals surface area (Å²) in [6, 6.07) is 13.4. The summed E-state index contributed by atoms with van der Waals surface area (Å²) in [5, 5.41) is 3.23. The summed E-state index contributed by atoms with van der Waals surface area (Å²) in [6.07, 6.45) is 2.76. The van der Waals surface area contributed by atoms with Crippen molar-refractivity contribution in [1.82, 2.24) is 9.29 Å². The Labute approximate surface area is 194 Å². The molecule has 4 rings (SSSR count). The number of hydrogen-bond donors (Lipinski definition) is 1. The predicted octanol–water partition coefficient (Wildman–Crippen LogP) is 2.51. The third kappa shape index (κ3) is 5.82. The van der Waals surface area contributed by atoms with Crippen LogP contribution in [0, 0.1) is 0 Å². The first kappa shape index (κ1) is 23.1. The minimum atomic E-state index is -3.61. The van der Waals surface area contributed by atoms with E-state index < -0.39 is 28.5 Å². The van der Waals surface area contributed by atoms with Gasteiger partial charge in [-0.3, -0.25) is 4.79 Å². The lowest BCUT2D eigenvalue weighted by Crippen LogP contribution is -2.40. The molecule has 1 fully saturated rings. The standard InChI is InChI=1S/C22H21N3O6S2/c26-20(15-31-22(27)10-9-21-24-18-3-1-2-4-19(18)32-21)23-16-5-7-17(8-6-16)33(28,29)25-11-13-30-14-12-25/h1-10H,11-15H2,(H,23,26). The number of para-hydroxylation sites is 1. The first-order valence-corrected chi connectivity index (χ1v) is 12.4. The smallest absolute Gasteiger partial charge is 0.331 e. The second kappa shape index (κ2) is 10.2. The largest absolute Gasteiger partial charge is 0.452 e. The summed E-state index contributed by atoms with van der Waals surface area (Å²) in [6.45, 7) is 0.861. The van der Waals surface area contributed by atoms with Crippen LogP contribution in [0.2, 0.25) is 0 Å². The van der Waals surface area contributed by atoms with Crippen LogP contribution in [0.1, 0.15) is 5.01 Å². The number of anilines is 1. The lowest BCUT2D eigenvalue weighted by molar-refractivity contribution is -0.142. The van der Waals surface area contributed by atoms with Gasteiger partial charge in [-0.25, -0.2) is 18.2 Å². The van der Waals surface area contributed by atoms with Crippen molar-refractivity contribution >= 4 is 55.2 Å². The highest BCUT2D eigenvalue weighted by molar-refractivity contribution is 7.89. The molecule has 1 saturated heterocycles. The number of ether oxygens (including phenoxy) is 2. The topological polar surface area (TPSA) is 115 Å². The molecule has 9 nitrogen and oxygen atoms in total. The number of fused-ring (bicyclic) bond motifs is 1. The van der Waals surface area contributed by atoms with Gasteiger partial charge in [0.15, 0.2) is 6.61 Å². The quantitative estimate of drug-likeness (QED) is 0.402. The van der Waals surface area contributed by atoms with E-state index in [1.54, 1.807) is 6.08 Å². The lowest BCUT2D eigenvalue weighted by Gasteiger charge is -2.26. The van der Waals surface area contributed by atoms with Crippen molar-refractivity contribution in [2.75, 3.05) is 38.2 Å². The first-order valence-electron chi connectivity index (χ1n) is 10.1. The molecule has 0 radical (unpaired) electrons. The van der Waals surface area contributed by atoms with Crippen LogP contribution in [0.5, 0.6) is 0 Å². The molecule has 0 spiro atoms. The van der Waals surface area contributed by atoms with Gasteiger partial charge in [-0.2, -0.15) is 4.31 Å². The monoisotopic (exact) mass is 487 g/mol. The number of hydrogen-bond acceptors (Lipinski definition) is 8. The number of carbonyl (C=O) groups excluding carboxylic acids is 2. The molecule has 1 N–H and O–H groups in total. The van der Waals surface area contributed by atoms with Crippen molar-refractivity contribution in [1.29, 1.82) is 0 Å². The molecule has 0 atom stereocenters. The molecule has 1 aromatic heterocycles. The molecule has 3 aromatic rings. The van der Waals surface area contributed by atoms with Gasteiger partial charge in [-0.15, -0.1) is 11.3 Å². The van der Waals surface area contributed by atoms with Crippen LogP contribution < -0.4 is 5.32 Å². The fraction of sp³-hybridized carbons (Fsp3) is 0.227. The number of rotatable bonds is 7. The molecule has 2 aromatic carbocycles. The summed E-state index contributed by atoms with van der Waals surface area (Å²) in [5.74, 6) is -1.21. The zero-order valence-electron chi connectivity index (χ0n) is 17.5. The number of thiazole rings is 1. The maximum atomic E-state index is 12.6. The number of esters is 1. The van der Waals surface area contributed by atoms with Gasteiger partial charge in [0.25, 0.3) is 5.91 Å². The number of amides is 1. The van der Waals surface area contributed by atoms with Crippen LogP contribution in [-0.4, -0.2) is 62.5 Å². The van der Waals surface area contributed by atoms with Crippen molar-refractivity contribution in [2.24, 2.45) is 0 Å². The van der Waals surface area contributed by atoms with Crippen LogP contribution in [0.3, 0.4) is 0 Å². The molecule has 1 aliphatic rings. The van der Waals surface area contributed by atoms with Crippen LogP contribution >= 0.6 is 11.3 Å². The van der Waals surface area contributed by atoms with Crippen LogP contribution in [0.25, 0.3) is 16.3 Å². The van der Waals surface area contributed by atoms with Gasteiger partial charge < -0.3 is 14.8 Å². The number of nitrogens with zero attached hydrogens (tertiary/aromatic N) is 2. The van der Waals surface area contributed by atoms with E-state index in [2.05, 4.69) is 10.3 Å². The number of nitrogens with one attached hydrogen (secondary N) is 1. The third-order valence-electron chi connectivity index (χ3n) is 4.76. The van der Waals surface area contributed by atoms with Gasteiger partial charge >= 0.3 is 5.97 Å². The number of sulfonamides is 1. The van der Waals surface area contributed by atoms with Gasteiger partial charge in [-0.05, 0) is 42.5 Å². The Morgan fingerprint density at radius 1 is 1.12 bits per heavy atom. The van der Waals surface area contributed by atoms with Crippen LogP contribution in [0.15, 0.2) is 59.5 Å².